The van der Waals surface area contributed by atoms with E-state index in [1.54, 1.807) is 6.07 Å². The van der Waals surface area contributed by atoms with Crippen molar-refractivity contribution in [2.24, 2.45) is 11.7 Å². The number of rotatable bonds is 4. The Kier molecular flexibility index (Phi) is 3.15. The number of thiocarbonyl (C=S) groups is 1. The van der Waals surface area contributed by atoms with Gasteiger partial charge in [0.05, 0.1) is 0 Å². The van der Waals surface area contributed by atoms with Crippen LogP contribution in [-0.2, 0) is 10.0 Å². The molecule has 1 aliphatic carbocycles. The molecule has 0 aliphatic heterocycles. The molecule has 0 aromatic carbocycles. The lowest BCUT2D eigenvalue weighted by molar-refractivity contribution is 0.577. The molecule has 2 unspecified atom stereocenters. The van der Waals surface area contributed by atoms with Crippen molar-refractivity contribution in [2.75, 3.05) is 0 Å². The van der Waals surface area contributed by atoms with Gasteiger partial charge in [0.15, 0.2) is 0 Å². The third-order valence-corrected chi connectivity index (χ3v) is 4.42. The largest absolute Gasteiger partial charge is 0.388 e. The molecule has 0 bridgehead atoms. The van der Waals surface area contributed by atoms with Crippen molar-refractivity contribution in [1.82, 2.24) is 9.71 Å². The molecular formula is C10H13N3O2S2. The van der Waals surface area contributed by atoms with E-state index >= 15 is 0 Å². The second-order valence-electron chi connectivity index (χ2n) is 4.16. The van der Waals surface area contributed by atoms with E-state index < -0.39 is 10.0 Å². The van der Waals surface area contributed by atoms with Crippen molar-refractivity contribution in [3.63, 3.8) is 0 Å². The van der Waals surface area contributed by atoms with Crippen molar-refractivity contribution in [2.45, 2.75) is 24.3 Å². The number of sulfonamides is 1. The Balaban J connectivity index is 2.35. The highest BCUT2D eigenvalue weighted by Gasteiger charge is 2.37. The predicted octanol–water partition coefficient (Wildman–Crippen LogP) is 0.403. The third-order valence-electron chi connectivity index (χ3n) is 2.71. The van der Waals surface area contributed by atoms with Gasteiger partial charge < -0.3 is 5.73 Å². The molecule has 0 amide bonds. The highest BCUT2D eigenvalue weighted by molar-refractivity contribution is 7.89. The normalized spacial score (nSPS) is 23.4. The summed E-state index contributed by atoms with van der Waals surface area (Å²) in [5, 5.41) is 0. The third kappa shape index (κ3) is 2.62. The van der Waals surface area contributed by atoms with Crippen LogP contribution < -0.4 is 10.5 Å². The molecule has 3 N–H and O–H groups in total. The zero-order chi connectivity index (χ0) is 12.6. The molecule has 1 aliphatic rings. The van der Waals surface area contributed by atoms with E-state index in [0.29, 0.717) is 5.92 Å². The lowest BCUT2D eigenvalue weighted by atomic mass is 10.3. The van der Waals surface area contributed by atoms with E-state index in [1.807, 2.05) is 6.92 Å². The first kappa shape index (κ1) is 12.4. The molecule has 0 radical (unpaired) electrons. The summed E-state index contributed by atoms with van der Waals surface area (Å²) in [5.41, 5.74) is 5.60. The molecular weight excluding hydrogens is 258 g/mol. The van der Waals surface area contributed by atoms with Crippen LogP contribution in [0.25, 0.3) is 0 Å². The second-order valence-corrected chi connectivity index (χ2v) is 6.28. The number of nitrogens with two attached hydrogens (primary N) is 1. The summed E-state index contributed by atoms with van der Waals surface area (Å²) < 4.78 is 26.8. The Morgan fingerprint density at radius 3 is 2.82 bits per heavy atom. The number of pyridine rings is 1. The van der Waals surface area contributed by atoms with E-state index in [1.165, 1.54) is 12.3 Å². The van der Waals surface area contributed by atoms with Crippen LogP contribution in [0.4, 0.5) is 0 Å². The average Bonchev–Trinajstić information content (AvgIpc) is 2.93. The minimum absolute atomic E-state index is 0.0133. The maximum absolute atomic E-state index is 12.1. The fraction of sp³-hybridized carbons (Fsp3) is 0.400. The van der Waals surface area contributed by atoms with E-state index in [2.05, 4.69) is 9.71 Å². The quantitative estimate of drug-likeness (QED) is 0.774. The first-order chi connectivity index (χ1) is 7.92. The van der Waals surface area contributed by atoms with Gasteiger partial charge in [0.1, 0.15) is 15.6 Å². The molecule has 0 spiro atoms. The molecule has 1 fully saturated rings. The SMILES string of the molecule is CC1CC1NS(=O)(=O)c1cccnc1C(N)=S. The maximum Gasteiger partial charge on any atom is 0.243 e. The lowest BCUT2D eigenvalue weighted by Crippen LogP contribution is -2.29. The number of nitrogens with zero attached hydrogens (tertiary/aromatic N) is 1. The van der Waals surface area contributed by atoms with Gasteiger partial charge in [-0.1, -0.05) is 19.1 Å². The molecule has 92 valence electrons. The summed E-state index contributed by atoms with van der Waals surface area (Å²) in [6.07, 6.45) is 2.33. The molecule has 17 heavy (non-hydrogen) atoms. The van der Waals surface area contributed by atoms with Crippen molar-refractivity contribution >= 4 is 27.2 Å². The summed E-state index contributed by atoms with van der Waals surface area (Å²) in [4.78, 5) is 3.93. The first-order valence-electron chi connectivity index (χ1n) is 5.19. The zero-order valence-corrected chi connectivity index (χ0v) is 10.9. The minimum Gasteiger partial charge on any atom is -0.388 e. The Morgan fingerprint density at radius 1 is 1.65 bits per heavy atom. The average molecular weight is 271 g/mol. The summed E-state index contributed by atoms with van der Waals surface area (Å²) in [6, 6.07) is 3.02. The van der Waals surface area contributed by atoms with Gasteiger partial charge in [-0.2, -0.15) is 0 Å². The van der Waals surface area contributed by atoms with Crippen LogP contribution in [0.15, 0.2) is 23.2 Å². The zero-order valence-electron chi connectivity index (χ0n) is 9.25. The highest BCUT2D eigenvalue weighted by atomic mass is 32.2. The monoisotopic (exact) mass is 271 g/mol. The summed E-state index contributed by atoms with van der Waals surface area (Å²) in [6.45, 7) is 1.99. The van der Waals surface area contributed by atoms with Gasteiger partial charge in [-0.15, -0.1) is 0 Å². The standard InChI is InChI=1S/C10H13N3O2S2/c1-6-5-7(6)13-17(14,15)8-3-2-4-12-9(8)10(11)16/h2-4,6-7,13H,5H2,1H3,(H2,11,16). The summed E-state index contributed by atoms with van der Waals surface area (Å²) in [5.74, 6) is 0.384. The van der Waals surface area contributed by atoms with Crippen LogP contribution >= 0.6 is 12.2 Å². The molecule has 5 nitrogen and oxygen atoms in total. The summed E-state index contributed by atoms with van der Waals surface area (Å²) >= 11 is 4.79. The minimum atomic E-state index is -3.59. The van der Waals surface area contributed by atoms with Crippen molar-refractivity contribution in [1.29, 1.82) is 0 Å². The number of nitrogens with one attached hydrogen (secondary N) is 1. The molecule has 1 saturated carbocycles. The fourth-order valence-electron chi connectivity index (χ4n) is 1.54. The molecule has 1 heterocycles. The van der Waals surface area contributed by atoms with Crippen LogP contribution in [0.1, 0.15) is 19.0 Å². The first-order valence-corrected chi connectivity index (χ1v) is 7.08. The predicted molar refractivity (Wildman–Crippen MR) is 68.0 cm³/mol. The van der Waals surface area contributed by atoms with Crippen LogP contribution in [0.2, 0.25) is 0 Å². The van der Waals surface area contributed by atoms with Gasteiger partial charge in [0, 0.05) is 12.2 Å². The maximum atomic E-state index is 12.1. The van der Waals surface area contributed by atoms with Crippen molar-refractivity contribution in [3.8, 4) is 0 Å². The van der Waals surface area contributed by atoms with Gasteiger partial charge in [-0.25, -0.2) is 13.1 Å². The van der Waals surface area contributed by atoms with Crippen LogP contribution in [-0.4, -0.2) is 24.4 Å². The van der Waals surface area contributed by atoms with E-state index in [4.69, 9.17) is 18.0 Å². The van der Waals surface area contributed by atoms with Gasteiger partial charge in [0.25, 0.3) is 0 Å². The molecule has 1 aromatic rings. The lowest BCUT2D eigenvalue weighted by Gasteiger charge is -2.09. The van der Waals surface area contributed by atoms with Crippen LogP contribution in [0, 0.1) is 5.92 Å². The van der Waals surface area contributed by atoms with Crippen LogP contribution in [0.5, 0.6) is 0 Å². The smallest absolute Gasteiger partial charge is 0.243 e. The molecule has 0 saturated heterocycles. The van der Waals surface area contributed by atoms with Crippen molar-refractivity contribution in [3.05, 3.63) is 24.0 Å². The summed E-state index contributed by atoms with van der Waals surface area (Å²) in [7, 11) is -3.59. The second kappa shape index (κ2) is 4.32. The Morgan fingerprint density at radius 2 is 2.29 bits per heavy atom. The Hall–Kier alpha value is -1.05. The van der Waals surface area contributed by atoms with E-state index in [0.717, 1.165) is 6.42 Å². The van der Waals surface area contributed by atoms with Crippen LogP contribution in [0.3, 0.4) is 0 Å². The Labute approximate surface area is 105 Å². The number of hydrogen-bond acceptors (Lipinski definition) is 4. The molecule has 2 rings (SSSR count). The number of aromatic nitrogens is 1. The fourth-order valence-corrected chi connectivity index (χ4v) is 3.30. The molecule has 2 atom stereocenters. The molecule has 1 aromatic heterocycles. The van der Waals surface area contributed by atoms with E-state index in [9.17, 15) is 8.42 Å². The number of hydrogen-bond donors (Lipinski definition) is 2. The van der Waals surface area contributed by atoms with Gasteiger partial charge >= 0.3 is 0 Å². The van der Waals surface area contributed by atoms with Gasteiger partial charge in [0.2, 0.25) is 10.0 Å². The highest BCUT2D eigenvalue weighted by Crippen LogP contribution is 2.30. The topological polar surface area (TPSA) is 85.1 Å². The molecule has 7 heteroatoms. The van der Waals surface area contributed by atoms with E-state index in [-0.39, 0.29) is 21.6 Å². The van der Waals surface area contributed by atoms with Gasteiger partial charge in [-0.05, 0) is 24.5 Å². The Bertz CT molecular complexity index is 556. The van der Waals surface area contributed by atoms with Crippen molar-refractivity contribution < 1.29 is 8.42 Å². The van der Waals surface area contributed by atoms with Gasteiger partial charge in [-0.3, -0.25) is 4.98 Å².